The molecule has 1 fully saturated rings. The van der Waals surface area contributed by atoms with Crippen molar-refractivity contribution < 1.29 is 4.74 Å². The maximum atomic E-state index is 5.54. The van der Waals surface area contributed by atoms with Crippen molar-refractivity contribution in [2.75, 3.05) is 38.1 Å². The van der Waals surface area contributed by atoms with Gasteiger partial charge < -0.3 is 14.5 Å². The Balaban J connectivity index is 1.91. The van der Waals surface area contributed by atoms with Gasteiger partial charge in [-0.2, -0.15) is 0 Å². The van der Waals surface area contributed by atoms with Gasteiger partial charge in [0.2, 0.25) is 0 Å². The summed E-state index contributed by atoms with van der Waals surface area (Å²) in [5, 5.41) is 0. The molecule has 0 aromatic carbocycles. The lowest BCUT2D eigenvalue weighted by atomic mass is 10.2. The molecule has 0 unspecified atom stereocenters. The number of likely N-dealkylation sites (N-methyl/N-ethyl adjacent to an activating group) is 1. The average molecular weight is 249 g/mol. The number of hydrogen-bond donors (Lipinski definition) is 0. The van der Waals surface area contributed by atoms with E-state index in [1.165, 1.54) is 5.69 Å². The SMILES string of the molecule is CC(C)OCc1ccc(N2CCN(C)CC2)cn1. The number of nitrogens with zero attached hydrogens (tertiary/aromatic N) is 3. The standard InChI is InChI=1S/C14H23N3O/c1-12(2)18-11-13-4-5-14(10-15-13)17-8-6-16(3)7-9-17/h4-5,10,12H,6-9,11H2,1-3H3. The Bertz CT molecular complexity index is 356. The molecular weight excluding hydrogens is 226 g/mol. The van der Waals surface area contributed by atoms with Crippen LogP contribution >= 0.6 is 0 Å². The summed E-state index contributed by atoms with van der Waals surface area (Å²) in [5.41, 5.74) is 2.22. The Hall–Kier alpha value is -1.13. The zero-order chi connectivity index (χ0) is 13.0. The zero-order valence-corrected chi connectivity index (χ0v) is 11.6. The molecule has 4 heteroatoms. The second-order valence-electron chi connectivity index (χ2n) is 5.16. The first-order chi connectivity index (χ1) is 8.65. The maximum absolute atomic E-state index is 5.54. The molecule has 0 spiro atoms. The highest BCUT2D eigenvalue weighted by molar-refractivity contribution is 5.45. The third-order valence-electron chi connectivity index (χ3n) is 3.24. The second-order valence-corrected chi connectivity index (χ2v) is 5.16. The quantitative estimate of drug-likeness (QED) is 0.813. The van der Waals surface area contributed by atoms with Crippen molar-refractivity contribution >= 4 is 5.69 Å². The van der Waals surface area contributed by atoms with Gasteiger partial charge >= 0.3 is 0 Å². The van der Waals surface area contributed by atoms with Crippen LogP contribution in [0.15, 0.2) is 18.3 Å². The van der Waals surface area contributed by atoms with E-state index in [2.05, 4.69) is 34.0 Å². The van der Waals surface area contributed by atoms with Crippen molar-refractivity contribution in [3.63, 3.8) is 0 Å². The van der Waals surface area contributed by atoms with Gasteiger partial charge in [-0.05, 0) is 33.0 Å². The molecule has 0 N–H and O–H groups in total. The van der Waals surface area contributed by atoms with Crippen LogP contribution in [-0.4, -0.2) is 49.2 Å². The molecule has 2 heterocycles. The normalized spacial score (nSPS) is 17.4. The molecule has 1 aromatic heterocycles. The molecule has 0 atom stereocenters. The van der Waals surface area contributed by atoms with Gasteiger partial charge in [-0.25, -0.2) is 0 Å². The molecule has 100 valence electrons. The minimum atomic E-state index is 0.254. The Kier molecular flexibility index (Phi) is 4.55. The molecule has 1 aliphatic heterocycles. The molecule has 0 aliphatic carbocycles. The molecule has 1 aliphatic rings. The summed E-state index contributed by atoms with van der Waals surface area (Å²) in [6, 6.07) is 4.22. The van der Waals surface area contributed by atoms with Crippen LogP contribution in [0.5, 0.6) is 0 Å². The zero-order valence-electron chi connectivity index (χ0n) is 11.6. The third-order valence-corrected chi connectivity index (χ3v) is 3.24. The van der Waals surface area contributed by atoms with E-state index in [4.69, 9.17) is 4.74 Å². The summed E-state index contributed by atoms with van der Waals surface area (Å²) >= 11 is 0. The second kappa shape index (κ2) is 6.16. The van der Waals surface area contributed by atoms with E-state index < -0.39 is 0 Å². The number of rotatable bonds is 4. The topological polar surface area (TPSA) is 28.6 Å². The molecule has 1 aromatic rings. The van der Waals surface area contributed by atoms with Gasteiger partial charge in [0, 0.05) is 26.2 Å². The first-order valence-electron chi connectivity index (χ1n) is 6.65. The van der Waals surface area contributed by atoms with Crippen molar-refractivity contribution in [1.82, 2.24) is 9.88 Å². The Morgan fingerprint density at radius 1 is 1.22 bits per heavy atom. The van der Waals surface area contributed by atoms with Gasteiger partial charge in [0.25, 0.3) is 0 Å². The van der Waals surface area contributed by atoms with Crippen molar-refractivity contribution in [2.24, 2.45) is 0 Å². The predicted octanol–water partition coefficient (Wildman–Crippen LogP) is 1.76. The number of pyridine rings is 1. The van der Waals surface area contributed by atoms with E-state index in [9.17, 15) is 0 Å². The maximum Gasteiger partial charge on any atom is 0.0891 e. The summed E-state index contributed by atoms with van der Waals surface area (Å²) in [6.45, 7) is 9.09. The van der Waals surface area contributed by atoms with Crippen LogP contribution < -0.4 is 4.90 Å². The van der Waals surface area contributed by atoms with Crippen LogP contribution in [-0.2, 0) is 11.3 Å². The van der Waals surface area contributed by atoms with Crippen molar-refractivity contribution in [3.05, 3.63) is 24.0 Å². The van der Waals surface area contributed by atoms with Crippen LogP contribution in [0.3, 0.4) is 0 Å². The largest absolute Gasteiger partial charge is 0.373 e. The average Bonchev–Trinajstić information content (AvgIpc) is 2.38. The van der Waals surface area contributed by atoms with E-state index in [-0.39, 0.29) is 6.10 Å². The third kappa shape index (κ3) is 3.68. The molecule has 0 saturated carbocycles. The van der Waals surface area contributed by atoms with Crippen molar-refractivity contribution in [3.8, 4) is 0 Å². The highest BCUT2D eigenvalue weighted by Crippen LogP contribution is 2.15. The fourth-order valence-electron chi connectivity index (χ4n) is 2.01. The van der Waals surface area contributed by atoms with E-state index in [1.54, 1.807) is 0 Å². The highest BCUT2D eigenvalue weighted by atomic mass is 16.5. The van der Waals surface area contributed by atoms with Gasteiger partial charge in [-0.1, -0.05) is 0 Å². The molecule has 18 heavy (non-hydrogen) atoms. The fourth-order valence-corrected chi connectivity index (χ4v) is 2.01. The van der Waals surface area contributed by atoms with Gasteiger partial charge in [-0.15, -0.1) is 0 Å². The fraction of sp³-hybridized carbons (Fsp3) is 0.643. The van der Waals surface area contributed by atoms with Gasteiger partial charge in [0.1, 0.15) is 0 Å². The lowest BCUT2D eigenvalue weighted by molar-refractivity contribution is 0.0636. The lowest BCUT2D eigenvalue weighted by Gasteiger charge is -2.33. The molecule has 4 nitrogen and oxygen atoms in total. The van der Waals surface area contributed by atoms with Gasteiger partial charge in [0.15, 0.2) is 0 Å². The van der Waals surface area contributed by atoms with Crippen molar-refractivity contribution in [2.45, 2.75) is 26.6 Å². The number of hydrogen-bond acceptors (Lipinski definition) is 4. The predicted molar refractivity (Wildman–Crippen MR) is 73.9 cm³/mol. The van der Waals surface area contributed by atoms with Crippen LogP contribution in [0, 0.1) is 0 Å². The summed E-state index contributed by atoms with van der Waals surface area (Å²) in [7, 11) is 2.17. The lowest BCUT2D eigenvalue weighted by Crippen LogP contribution is -2.44. The summed E-state index contributed by atoms with van der Waals surface area (Å²) < 4.78 is 5.54. The van der Waals surface area contributed by atoms with E-state index in [1.807, 2.05) is 20.0 Å². The molecular formula is C14H23N3O. The first kappa shape index (κ1) is 13.3. The van der Waals surface area contributed by atoms with Crippen LogP contribution in [0.25, 0.3) is 0 Å². The number of aromatic nitrogens is 1. The Morgan fingerprint density at radius 3 is 2.50 bits per heavy atom. The monoisotopic (exact) mass is 249 g/mol. The van der Waals surface area contributed by atoms with E-state index in [0.29, 0.717) is 6.61 Å². The summed E-state index contributed by atoms with van der Waals surface area (Å²) in [4.78, 5) is 9.21. The molecule has 0 bridgehead atoms. The van der Waals surface area contributed by atoms with E-state index in [0.717, 1.165) is 31.9 Å². The van der Waals surface area contributed by atoms with Crippen LogP contribution in [0.2, 0.25) is 0 Å². The highest BCUT2D eigenvalue weighted by Gasteiger charge is 2.14. The summed E-state index contributed by atoms with van der Waals surface area (Å²) in [6.07, 6.45) is 2.22. The summed E-state index contributed by atoms with van der Waals surface area (Å²) in [5.74, 6) is 0. The molecule has 1 saturated heterocycles. The van der Waals surface area contributed by atoms with Crippen LogP contribution in [0.1, 0.15) is 19.5 Å². The van der Waals surface area contributed by atoms with Crippen molar-refractivity contribution in [1.29, 1.82) is 0 Å². The molecule has 0 radical (unpaired) electrons. The minimum absolute atomic E-state index is 0.254. The van der Waals surface area contributed by atoms with Gasteiger partial charge in [0.05, 0.1) is 30.3 Å². The van der Waals surface area contributed by atoms with Gasteiger partial charge in [-0.3, -0.25) is 4.98 Å². The van der Waals surface area contributed by atoms with Crippen LogP contribution in [0.4, 0.5) is 5.69 Å². The first-order valence-corrected chi connectivity index (χ1v) is 6.65. The number of piperazine rings is 1. The Labute approximate surface area is 110 Å². The smallest absolute Gasteiger partial charge is 0.0891 e. The number of anilines is 1. The van der Waals surface area contributed by atoms with E-state index >= 15 is 0 Å². The molecule has 2 rings (SSSR count). The molecule has 0 amide bonds. The Morgan fingerprint density at radius 2 is 1.94 bits per heavy atom. The minimum Gasteiger partial charge on any atom is -0.373 e. The number of ether oxygens (including phenoxy) is 1.